The summed E-state index contributed by atoms with van der Waals surface area (Å²) in [5, 5.41) is 4.19. The van der Waals surface area contributed by atoms with E-state index in [4.69, 9.17) is 0 Å². The van der Waals surface area contributed by atoms with Crippen LogP contribution in [0.4, 0.5) is 4.79 Å². The van der Waals surface area contributed by atoms with E-state index in [1.165, 1.54) is 17.7 Å². The van der Waals surface area contributed by atoms with Crippen molar-refractivity contribution in [2.24, 2.45) is 5.92 Å². The SMILES string of the molecule is C=C(C)CN(CC)C(=O)N[C@H](c1ncc(C)s1)C1CC1. The fraction of sp³-hybridized carbons (Fsp3) is 0.600. The Balaban J connectivity index is 2.04. The highest BCUT2D eigenvalue weighted by Gasteiger charge is 2.35. The van der Waals surface area contributed by atoms with Crippen molar-refractivity contribution >= 4 is 17.4 Å². The van der Waals surface area contributed by atoms with Gasteiger partial charge in [-0.15, -0.1) is 11.3 Å². The van der Waals surface area contributed by atoms with Gasteiger partial charge in [-0.25, -0.2) is 9.78 Å². The van der Waals surface area contributed by atoms with E-state index >= 15 is 0 Å². The van der Waals surface area contributed by atoms with Crippen molar-refractivity contribution in [3.05, 3.63) is 28.2 Å². The van der Waals surface area contributed by atoms with Gasteiger partial charge in [-0.1, -0.05) is 12.2 Å². The molecule has 1 aliphatic rings. The zero-order valence-corrected chi connectivity index (χ0v) is 13.3. The van der Waals surface area contributed by atoms with E-state index in [2.05, 4.69) is 16.9 Å². The molecule has 4 nitrogen and oxygen atoms in total. The lowest BCUT2D eigenvalue weighted by atomic mass is 10.2. The second-order valence-corrected chi connectivity index (χ2v) is 6.81. The standard InChI is InChI=1S/C15H23N3OS/c1-5-18(9-10(2)3)15(19)17-13(12-6-7-12)14-16-8-11(4)20-14/h8,12-13H,2,5-7,9H2,1,3-4H3,(H,17,19)/t13-/m0/s1. The van der Waals surface area contributed by atoms with E-state index in [0.717, 1.165) is 10.6 Å². The molecule has 0 radical (unpaired) electrons. The smallest absolute Gasteiger partial charge is 0.318 e. The van der Waals surface area contributed by atoms with E-state index < -0.39 is 0 Å². The number of thiazole rings is 1. The van der Waals surface area contributed by atoms with Crippen LogP contribution in [0.5, 0.6) is 0 Å². The van der Waals surface area contributed by atoms with Crippen LogP contribution >= 0.6 is 11.3 Å². The van der Waals surface area contributed by atoms with Crippen molar-refractivity contribution in [3.8, 4) is 0 Å². The van der Waals surface area contributed by atoms with Gasteiger partial charge in [0.2, 0.25) is 0 Å². The molecule has 1 heterocycles. The normalized spacial score (nSPS) is 15.8. The number of likely N-dealkylation sites (N-methyl/N-ethyl adjacent to an activating group) is 1. The molecule has 20 heavy (non-hydrogen) atoms. The number of aryl methyl sites for hydroxylation is 1. The largest absolute Gasteiger partial charge is 0.328 e. The van der Waals surface area contributed by atoms with Gasteiger partial charge in [-0.05, 0) is 39.5 Å². The van der Waals surface area contributed by atoms with Gasteiger partial charge in [0.05, 0.1) is 6.04 Å². The van der Waals surface area contributed by atoms with Crippen LogP contribution in [0.2, 0.25) is 0 Å². The van der Waals surface area contributed by atoms with Crippen LogP contribution in [-0.4, -0.2) is 29.0 Å². The van der Waals surface area contributed by atoms with Gasteiger partial charge in [0.1, 0.15) is 5.01 Å². The van der Waals surface area contributed by atoms with Crippen LogP contribution in [0, 0.1) is 12.8 Å². The van der Waals surface area contributed by atoms with Crippen LogP contribution in [0.3, 0.4) is 0 Å². The summed E-state index contributed by atoms with van der Waals surface area (Å²) in [6.07, 6.45) is 4.24. The Morgan fingerprint density at radius 2 is 2.35 bits per heavy atom. The number of amides is 2. The van der Waals surface area contributed by atoms with Gasteiger partial charge >= 0.3 is 6.03 Å². The van der Waals surface area contributed by atoms with Crippen molar-refractivity contribution in [2.75, 3.05) is 13.1 Å². The predicted molar refractivity (Wildman–Crippen MR) is 82.9 cm³/mol. The fourth-order valence-corrected chi connectivity index (χ4v) is 3.12. The number of carbonyl (C=O) groups excluding carboxylic acids is 1. The lowest BCUT2D eigenvalue weighted by Gasteiger charge is -2.25. The average Bonchev–Trinajstić information content (AvgIpc) is 3.14. The van der Waals surface area contributed by atoms with E-state index in [-0.39, 0.29) is 12.1 Å². The van der Waals surface area contributed by atoms with E-state index in [1.54, 1.807) is 16.2 Å². The first-order chi connectivity index (χ1) is 9.51. The summed E-state index contributed by atoms with van der Waals surface area (Å²) in [7, 11) is 0. The minimum atomic E-state index is -0.0137. The van der Waals surface area contributed by atoms with Gasteiger partial charge in [0, 0.05) is 24.2 Å². The number of carbonyl (C=O) groups is 1. The Hall–Kier alpha value is -1.36. The summed E-state index contributed by atoms with van der Waals surface area (Å²) in [5.74, 6) is 0.549. The molecule has 0 unspecified atom stereocenters. The maximum absolute atomic E-state index is 12.4. The van der Waals surface area contributed by atoms with E-state index in [9.17, 15) is 4.79 Å². The Kier molecular flexibility index (Phi) is 4.81. The number of rotatable bonds is 6. The lowest BCUT2D eigenvalue weighted by Crippen LogP contribution is -2.42. The molecule has 0 bridgehead atoms. The number of nitrogens with zero attached hydrogens (tertiary/aromatic N) is 2. The first-order valence-corrected chi connectivity index (χ1v) is 7.95. The molecule has 0 aliphatic heterocycles. The van der Waals surface area contributed by atoms with Crippen LogP contribution in [0.25, 0.3) is 0 Å². The predicted octanol–water partition coefficient (Wildman–Crippen LogP) is 3.51. The number of hydrogen-bond donors (Lipinski definition) is 1. The monoisotopic (exact) mass is 293 g/mol. The molecule has 1 atom stereocenters. The van der Waals surface area contributed by atoms with Crippen molar-refractivity contribution in [1.82, 2.24) is 15.2 Å². The molecule has 1 aliphatic carbocycles. The molecule has 2 amide bonds. The van der Waals surface area contributed by atoms with Crippen molar-refractivity contribution in [2.45, 2.75) is 39.7 Å². The highest BCUT2D eigenvalue weighted by molar-refractivity contribution is 7.11. The Bertz CT molecular complexity index is 493. The van der Waals surface area contributed by atoms with Gasteiger partial charge in [0.15, 0.2) is 0 Å². The fourth-order valence-electron chi connectivity index (χ4n) is 2.20. The zero-order valence-electron chi connectivity index (χ0n) is 12.5. The molecule has 1 fully saturated rings. The van der Waals surface area contributed by atoms with Crippen molar-refractivity contribution in [1.29, 1.82) is 0 Å². The molecule has 1 saturated carbocycles. The summed E-state index contributed by atoms with van der Waals surface area (Å²) in [6, 6.07) is 0.0561. The molecular weight excluding hydrogens is 270 g/mol. The van der Waals surface area contributed by atoms with E-state index in [0.29, 0.717) is 19.0 Å². The zero-order chi connectivity index (χ0) is 14.7. The molecule has 1 N–H and O–H groups in total. The summed E-state index contributed by atoms with van der Waals surface area (Å²) < 4.78 is 0. The minimum Gasteiger partial charge on any atom is -0.328 e. The highest BCUT2D eigenvalue weighted by atomic mass is 32.1. The first-order valence-electron chi connectivity index (χ1n) is 7.13. The Morgan fingerprint density at radius 1 is 1.65 bits per heavy atom. The third kappa shape index (κ3) is 3.82. The molecule has 2 rings (SSSR count). The maximum Gasteiger partial charge on any atom is 0.318 e. The Morgan fingerprint density at radius 3 is 2.80 bits per heavy atom. The molecule has 110 valence electrons. The highest BCUT2D eigenvalue weighted by Crippen LogP contribution is 2.42. The minimum absolute atomic E-state index is 0.0137. The van der Waals surface area contributed by atoms with Crippen LogP contribution in [-0.2, 0) is 0 Å². The number of nitrogens with one attached hydrogen (secondary N) is 1. The first kappa shape index (κ1) is 15.0. The summed E-state index contributed by atoms with van der Waals surface area (Å²) >= 11 is 1.68. The summed E-state index contributed by atoms with van der Waals surface area (Å²) in [4.78, 5) is 19.8. The lowest BCUT2D eigenvalue weighted by molar-refractivity contribution is 0.199. The van der Waals surface area contributed by atoms with Crippen LogP contribution < -0.4 is 5.32 Å². The van der Waals surface area contributed by atoms with Gasteiger partial charge in [0.25, 0.3) is 0 Å². The third-order valence-corrected chi connectivity index (χ3v) is 4.40. The Labute approximate surface area is 124 Å². The van der Waals surface area contributed by atoms with Gasteiger partial charge in [-0.3, -0.25) is 0 Å². The number of urea groups is 1. The molecule has 0 saturated heterocycles. The average molecular weight is 293 g/mol. The summed E-state index contributed by atoms with van der Waals surface area (Å²) in [5.41, 5.74) is 0.995. The second-order valence-electron chi connectivity index (χ2n) is 5.55. The molecule has 0 aromatic carbocycles. The quantitative estimate of drug-likeness (QED) is 0.816. The van der Waals surface area contributed by atoms with Gasteiger partial charge < -0.3 is 10.2 Å². The molecular formula is C15H23N3OS. The van der Waals surface area contributed by atoms with Crippen LogP contribution in [0.15, 0.2) is 18.3 Å². The topological polar surface area (TPSA) is 45.2 Å². The third-order valence-electron chi connectivity index (χ3n) is 3.41. The maximum atomic E-state index is 12.4. The van der Waals surface area contributed by atoms with Crippen LogP contribution in [0.1, 0.15) is 42.6 Å². The second kappa shape index (κ2) is 6.39. The summed E-state index contributed by atoms with van der Waals surface area (Å²) in [6.45, 7) is 11.2. The van der Waals surface area contributed by atoms with Crippen molar-refractivity contribution in [3.63, 3.8) is 0 Å². The number of hydrogen-bond acceptors (Lipinski definition) is 3. The van der Waals surface area contributed by atoms with Crippen molar-refractivity contribution < 1.29 is 4.79 Å². The van der Waals surface area contributed by atoms with E-state index in [1.807, 2.05) is 27.0 Å². The van der Waals surface area contributed by atoms with Gasteiger partial charge in [-0.2, -0.15) is 0 Å². The molecule has 5 heteroatoms. The molecule has 0 spiro atoms. The molecule has 1 aromatic heterocycles. The number of aromatic nitrogens is 1. The molecule has 1 aromatic rings.